The van der Waals surface area contributed by atoms with Gasteiger partial charge in [0.25, 0.3) is 0 Å². The molecule has 1 aromatic carbocycles. The number of rotatable bonds is 7. The summed E-state index contributed by atoms with van der Waals surface area (Å²) in [5, 5.41) is 8.69. The Morgan fingerprint density at radius 3 is 2.50 bits per heavy atom. The number of aromatic nitrogens is 1. The van der Waals surface area contributed by atoms with Crippen LogP contribution in [0.1, 0.15) is 16.8 Å². The van der Waals surface area contributed by atoms with Gasteiger partial charge in [-0.2, -0.15) is 0 Å². The fourth-order valence-corrected chi connectivity index (χ4v) is 1.84. The Morgan fingerprint density at radius 1 is 1.10 bits per heavy atom. The first-order chi connectivity index (χ1) is 9.74. The number of nitrogens with zero attached hydrogens (tertiary/aromatic N) is 1. The highest BCUT2D eigenvalue weighted by molar-refractivity contribution is 5.70. The minimum Gasteiger partial charge on any atom is -0.481 e. The molecule has 0 radical (unpaired) electrons. The number of ether oxygens (including phenoxy) is 1. The number of hydrogen-bond donors (Lipinski definition) is 1. The fraction of sp³-hybridized carbons (Fsp3) is 0.250. The lowest BCUT2D eigenvalue weighted by atomic mass is 10.1. The van der Waals surface area contributed by atoms with Crippen molar-refractivity contribution in [3.63, 3.8) is 0 Å². The van der Waals surface area contributed by atoms with Crippen LogP contribution >= 0.6 is 0 Å². The molecule has 104 valence electrons. The minimum absolute atomic E-state index is 0.0564. The quantitative estimate of drug-likeness (QED) is 0.786. The van der Waals surface area contributed by atoms with Gasteiger partial charge in [-0.3, -0.25) is 9.78 Å². The first-order valence-electron chi connectivity index (χ1n) is 6.51. The molecule has 0 atom stereocenters. The predicted molar refractivity (Wildman–Crippen MR) is 75.4 cm³/mol. The smallest absolute Gasteiger partial charge is 0.307 e. The topological polar surface area (TPSA) is 59.4 Å². The first-order valence-corrected chi connectivity index (χ1v) is 6.51. The maximum Gasteiger partial charge on any atom is 0.307 e. The van der Waals surface area contributed by atoms with Gasteiger partial charge < -0.3 is 9.84 Å². The van der Waals surface area contributed by atoms with Crippen LogP contribution in [0.3, 0.4) is 0 Å². The summed E-state index contributed by atoms with van der Waals surface area (Å²) in [6.07, 6.45) is 2.62. The van der Waals surface area contributed by atoms with Crippen molar-refractivity contribution in [2.75, 3.05) is 6.61 Å². The van der Waals surface area contributed by atoms with Crippen molar-refractivity contribution in [1.82, 2.24) is 4.98 Å². The zero-order valence-corrected chi connectivity index (χ0v) is 11.2. The largest absolute Gasteiger partial charge is 0.481 e. The van der Waals surface area contributed by atoms with E-state index in [0.29, 0.717) is 13.2 Å². The van der Waals surface area contributed by atoms with Gasteiger partial charge in [0.15, 0.2) is 0 Å². The van der Waals surface area contributed by atoms with Crippen molar-refractivity contribution in [3.8, 4) is 0 Å². The molecule has 0 spiro atoms. The van der Waals surface area contributed by atoms with Crippen molar-refractivity contribution in [2.24, 2.45) is 0 Å². The molecule has 0 bridgehead atoms. The lowest BCUT2D eigenvalue weighted by Crippen LogP contribution is -2.02. The maximum absolute atomic E-state index is 10.6. The molecule has 0 unspecified atom stereocenters. The van der Waals surface area contributed by atoms with Crippen molar-refractivity contribution < 1.29 is 14.6 Å². The van der Waals surface area contributed by atoms with Gasteiger partial charge in [-0.15, -0.1) is 0 Å². The molecular weight excluding hydrogens is 254 g/mol. The van der Waals surface area contributed by atoms with Crippen LogP contribution in [-0.2, 0) is 29.0 Å². The van der Waals surface area contributed by atoms with Crippen LogP contribution in [0.5, 0.6) is 0 Å². The van der Waals surface area contributed by atoms with Crippen LogP contribution in [0.4, 0.5) is 0 Å². The Kier molecular flexibility index (Phi) is 5.26. The lowest BCUT2D eigenvalue weighted by Gasteiger charge is -2.05. The van der Waals surface area contributed by atoms with E-state index in [1.54, 1.807) is 6.20 Å². The van der Waals surface area contributed by atoms with Gasteiger partial charge in [0.2, 0.25) is 0 Å². The number of carboxylic acids is 1. The Bertz CT molecular complexity index is 537. The average molecular weight is 271 g/mol. The molecule has 2 aromatic rings. The molecular formula is C16H17NO3. The second-order valence-corrected chi connectivity index (χ2v) is 4.51. The van der Waals surface area contributed by atoms with E-state index in [0.717, 1.165) is 23.2 Å². The number of benzene rings is 1. The summed E-state index contributed by atoms with van der Waals surface area (Å²) in [7, 11) is 0. The molecule has 0 fully saturated rings. The Labute approximate surface area is 118 Å². The number of carboxylic acid groups (broad SMARTS) is 1. The molecule has 0 amide bonds. The summed E-state index contributed by atoms with van der Waals surface area (Å²) in [5.74, 6) is -0.815. The highest BCUT2D eigenvalue weighted by Gasteiger charge is 2.00. The van der Waals surface area contributed by atoms with Crippen LogP contribution < -0.4 is 0 Å². The van der Waals surface area contributed by atoms with Crippen LogP contribution in [0.15, 0.2) is 48.7 Å². The van der Waals surface area contributed by atoms with E-state index in [1.807, 2.05) is 42.5 Å². The summed E-state index contributed by atoms with van der Waals surface area (Å²) in [6, 6.07) is 13.3. The summed E-state index contributed by atoms with van der Waals surface area (Å²) in [4.78, 5) is 14.8. The van der Waals surface area contributed by atoms with Crippen molar-refractivity contribution in [1.29, 1.82) is 0 Å². The SMILES string of the molecule is O=C(O)Cc1ccc(COCCc2ccccn2)cc1. The molecule has 4 heteroatoms. The molecule has 0 saturated heterocycles. The normalized spacial score (nSPS) is 10.4. The van der Waals surface area contributed by atoms with Crippen LogP contribution in [0.2, 0.25) is 0 Å². The third-order valence-corrected chi connectivity index (χ3v) is 2.88. The summed E-state index contributed by atoms with van der Waals surface area (Å²) < 4.78 is 5.59. The van der Waals surface area contributed by atoms with E-state index in [1.165, 1.54) is 0 Å². The third-order valence-electron chi connectivity index (χ3n) is 2.88. The van der Waals surface area contributed by atoms with Crippen molar-refractivity contribution in [2.45, 2.75) is 19.4 Å². The van der Waals surface area contributed by atoms with E-state index >= 15 is 0 Å². The van der Waals surface area contributed by atoms with E-state index in [-0.39, 0.29) is 6.42 Å². The lowest BCUT2D eigenvalue weighted by molar-refractivity contribution is -0.136. The van der Waals surface area contributed by atoms with Gasteiger partial charge in [0.1, 0.15) is 0 Å². The van der Waals surface area contributed by atoms with Gasteiger partial charge in [-0.05, 0) is 23.3 Å². The molecule has 0 saturated carbocycles. The predicted octanol–water partition coefficient (Wildman–Crippen LogP) is 2.47. The highest BCUT2D eigenvalue weighted by Crippen LogP contribution is 2.07. The second kappa shape index (κ2) is 7.40. The van der Waals surface area contributed by atoms with Gasteiger partial charge in [-0.1, -0.05) is 30.3 Å². The second-order valence-electron chi connectivity index (χ2n) is 4.51. The molecule has 1 aromatic heterocycles. The molecule has 0 aliphatic rings. The van der Waals surface area contributed by atoms with E-state index in [2.05, 4.69) is 4.98 Å². The Hall–Kier alpha value is -2.20. The Balaban J connectivity index is 1.73. The van der Waals surface area contributed by atoms with Gasteiger partial charge in [0.05, 0.1) is 19.6 Å². The number of pyridine rings is 1. The van der Waals surface area contributed by atoms with Gasteiger partial charge >= 0.3 is 5.97 Å². The number of carbonyl (C=O) groups is 1. The third kappa shape index (κ3) is 4.82. The van der Waals surface area contributed by atoms with Crippen LogP contribution in [-0.4, -0.2) is 22.7 Å². The van der Waals surface area contributed by atoms with Gasteiger partial charge in [-0.25, -0.2) is 0 Å². The summed E-state index contributed by atoms with van der Waals surface area (Å²) >= 11 is 0. The fourth-order valence-electron chi connectivity index (χ4n) is 1.84. The van der Waals surface area contributed by atoms with Crippen LogP contribution in [0.25, 0.3) is 0 Å². The van der Waals surface area contributed by atoms with Crippen molar-refractivity contribution in [3.05, 3.63) is 65.5 Å². The van der Waals surface area contributed by atoms with E-state index in [4.69, 9.17) is 9.84 Å². The standard InChI is InChI=1S/C16H17NO3/c18-16(19)11-13-4-6-14(7-5-13)12-20-10-8-15-3-1-2-9-17-15/h1-7,9H,8,10-12H2,(H,18,19). The Morgan fingerprint density at radius 2 is 1.85 bits per heavy atom. The number of aliphatic carboxylic acids is 1. The molecule has 0 aliphatic carbocycles. The molecule has 20 heavy (non-hydrogen) atoms. The van der Waals surface area contributed by atoms with Gasteiger partial charge in [0, 0.05) is 18.3 Å². The minimum atomic E-state index is -0.815. The first kappa shape index (κ1) is 14.2. The average Bonchev–Trinajstić information content (AvgIpc) is 2.46. The molecule has 0 aliphatic heterocycles. The number of hydrogen-bond acceptors (Lipinski definition) is 3. The summed E-state index contributed by atoms with van der Waals surface area (Å²) in [6.45, 7) is 1.15. The van der Waals surface area contributed by atoms with Crippen molar-refractivity contribution >= 4 is 5.97 Å². The van der Waals surface area contributed by atoms with E-state index < -0.39 is 5.97 Å². The molecule has 4 nitrogen and oxygen atoms in total. The molecule has 1 heterocycles. The zero-order chi connectivity index (χ0) is 14.2. The van der Waals surface area contributed by atoms with Crippen LogP contribution in [0, 0.1) is 0 Å². The monoisotopic (exact) mass is 271 g/mol. The maximum atomic E-state index is 10.6. The molecule has 2 rings (SSSR count). The molecule has 1 N–H and O–H groups in total. The zero-order valence-electron chi connectivity index (χ0n) is 11.2. The highest BCUT2D eigenvalue weighted by atomic mass is 16.5. The van der Waals surface area contributed by atoms with E-state index in [9.17, 15) is 4.79 Å². The summed E-state index contributed by atoms with van der Waals surface area (Å²) in [5.41, 5.74) is 2.86.